The van der Waals surface area contributed by atoms with Crippen LogP contribution in [-0.4, -0.2) is 83.8 Å². The molecule has 10 nitrogen and oxygen atoms in total. The number of pyridine rings is 1. The Bertz CT molecular complexity index is 1590. The molecule has 4 heterocycles. The number of amides is 1. The van der Waals surface area contributed by atoms with Crippen molar-refractivity contribution in [1.82, 2.24) is 19.9 Å². The summed E-state index contributed by atoms with van der Waals surface area (Å²) in [5.41, 5.74) is -4.63. The number of piperazine rings is 1. The number of H-pyrrole nitrogens is 1. The normalized spacial score (nSPS) is 21.4. The van der Waals surface area contributed by atoms with Crippen LogP contribution in [0.1, 0.15) is 36.7 Å². The molecule has 2 saturated heterocycles. The first-order valence-electron chi connectivity index (χ1n) is 14.0. The molecule has 236 valence electrons. The van der Waals surface area contributed by atoms with Gasteiger partial charge in [-0.15, -0.1) is 0 Å². The van der Waals surface area contributed by atoms with Gasteiger partial charge in [-0.25, -0.2) is 18.7 Å². The van der Waals surface area contributed by atoms with Crippen LogP contribution < -0.4 is 20.7 Å². The van der Waals surface area contributed by atoms with Crippen LogP contribution in [0.2, 0.25) is 0 Å². The topological polar surface area (TPSA) is 107 Å². The summed E-state index contributed by atoms with van der Waals surface area (Å²) in [7, 11) is 1.89. The van der Waals surface area contributed by atoms with Gasteiger partial charge in [0.1, 0.15) is 11.5 Å². The van der Waals surface area contributed by atoms with E-state index in [1.807, 2.05) is 37.6 Å². The quantitative estimate of drug-likeness (QED) is 0.410. The molecule has 2 N–H and O–H groups in total. The summed E-state index contributed by atoms with van der Waals surface area (Å²) in [6.07, 6.45) is -2.08. The number of hydrogen-bond donors (Lipinski definition) is 2. The number of aromatic amines is 1. The van der Waals surface area contributed by atoms with Gasteiger partial charge in [-0.1, -0.05) is 0 Å². The number of morpholine rings is 1. The lowest BCUT2D eigenvalue weighted by Crippen LogP contribution is -2.50. The molecule has 44 heavy (non-hydrogen) atoms. The Hall–Kier alpha value is -4.11. The minimum absolute atomic E-state index is 0.0271. The molecule has 2 aromatic heterocycles. The van der Waals surface area contributed by atoms with Crippen molar-refractivity contribution in [2.24, 2.45) is 0 Å². The zero-order valence-electron chi connectivity index (χ0n) is 24.5. The fourth-order valence-corrected chi connectivity index (χ4v) is 5.54. The molecule has 5 rings (SSSR count). The Morgan fingerprint density at radius 3 is 2.30 bits per heavy atom. The summed E-state index contributed by atoms with van der Waals surface area (Å²) in [6, 6.07) is 1.27. The highest BCUT2D eigenvalue weighted by Crippen LogP contribution is 2.39. The number of alkyl halides is 3. The molecular formula is C29H32F5N7O3. The number of hydrogen-bond acceptors (Lipinski definition) is 8. The largest absolute Gasteiger partial charge is 0.417 e. The fraction of sp³-hybridized carbons (Fsp3) is 0.448. The van der Waals surface area contributed by atoms with Crippen molar-refractivity contribution in [2.45, 2.75) is 45.2 Å². The first-order chi connectivity index (χ1) is 20.7. The lowest BCUT2D eigenvalue weighted by molar-refractivity contribution is -0.138. The lowest BCUT2D eigenvalue weighted by Gasteiger charge is -2.39. The minimum atomic E-state index is -5.04. The number of nitrogens with zero attached hydrogens (tertiary/aromatic N) is 5. The first-order valence-corrected chi connectivity index (χ1v) is 14.0. The fourth-order valence-electron chi connectivity index (χ4n) is 5.54. The van der Waals surface area contributed by atoms with Crippen LogP contribution in [-0.2, 0) is 10.9 Å². The summed E-state index contributed by atoms with van der Waals surface area (Å²) in [5, 5.41) is 2.24. The van der Waals surface area contributed by atoms with Crippen molar-refractivity contribution in [3.05, 3.63) is 63.8 Å². The van der Waals surface area contributed by atoms with Crippen molar-refractivity contribution in [2.75, 3.05) is 54.9 Å². The second kappa shape index (κ2) is 12.1. The van der Waals surface area contributed by atoms with Crippen molar-refractivity contribution in [1.29, 1.82) is 0 Å². The average Bonchev–Trinajstić information content (AvgIpc) is 2.95. The summed E-state index contributed by atoms with van der Waals surface area (Å²) < 4.78 is 79.0. The van der Waals surface area contributed by atoms with Gasteiger partial charge in [0, 0.05) is 75.1 Å². The van der Waals surface area contributed by atoms with Gasteiger partial charge >= 0.3 is 6.18 Å². The minimum Gasteiger partial charge on any atom is -0.372 e. The number of anilines is 3. The van der Waals surface area contributed by atoms with Crippen LogP contribution in [0.4, 0.5) is 39.3 Å². The van der Waals surface area contributed by atoms with E-state index in [0.29, 0.717) is 44.9 Å². The zero-order chi connectivity index (χ0) is 31.9. The predicted octanol–water partition coefficient (Wildman–Crippen LogP) is 4.14. The molecule has 2 aliphatic heterocycles. The number of benzene rings is 1. The number of halogens is 5. The zero-order valence-corrected chi connectivity index (χ0v) is 24.5. The van der Waals surface area contributed by atoms with Gasteiger partial charge in [-0.2, -0.15) is 13.2 Å². The molecule has 3 aromatic rings. The maximum Gasteiger partial charge on any atom is 0.417 e. The van der Waals surface area contributed by atoms with Crippen LogP contribution in [0.3, 0.4) is 0 Å². The maximum absolute atomic E-state index is 16.4. The van der Waals surface area contributed by atoms with E-state index in [9.17, 15) is 22.8 Å². The standard InChI is InChI=1S/C29H32F5N7O3/c1-15-12-40(6-5-39(15)4)22-8-21(30)24(18-9-36-28(37-10-18)41-13-16(2)44-17(3)14-41)25(31)26(22)38-27(43)19-11-35-23(42)7-20(19)29(32,33)34/h7-11,15-17H,5-6,12-14H2,1-4H3,(H,35,42)(H,38,43)/t15-,16-,17+/m0/s1. The number of carbonyl (C=O) groups excluding carboxylic acids is 1. The molecule has 1 amide bonds. The lowest BCUT2D eigenvalue weighted by atomic mass is 10.0. The molecule has 3 atom stereocenters. The van der Waals surface area contributed by atoms with Gasteiger partial charge in [0.15, 0.2) is 5.82 Å². The third-order valence-electron chi connectivity index (χ3n) is 7.84. The van der Waals surface area contributed by atoms with E-state index in [2.05, 4.69) is 20.3 Å². The number of ether oxygens (including phenoxy) is 1. The molecule has 0 radical (unpaired) electrons. The Balaban J connectivity index is 1.57. The number of nitrogens with one attached hydrogen (secondary N) is 2. The van der Waals surface area contributed by atoms with Gasteiger partial charge in [-0.05, 0) is 27.8 Å². The van der Waals surface area contributed by atoms with Crippen molar-refractivity contribution >= 4 is 23.2 Å². The van der Waals surface area contributed by atoms with E-state index < -0.39 is 51.7 Å². The second-order valence-corrected chi connectivity index (χ2v) is 11.2. The highest BCUT2D eigenvalue weighted by molar-refractivity contribution is 6.07. The van der Waals surface area contributed by atoms with Gasteiger partial charge in [-0.3, -0.25) is 9.59 Å². The Morgan fingerprint density at radius 1 is 1.02 bits per heavy atom. The highest BCUT2D eigenvalue weighted by Gasteiger charge is 2.37. The van der Waals surface area contributed by atoms with Crippen LogP contribution >= 0.6 is 0 Å². The Morgan fingerprint density at radius 2 is 1.68 bits per heavy atom. The number of aromatic nitrogens is 3. The summed E-state index contributed by atoms with van der Waals surface area (Å²) in [4.78, 5) is 41.1. The Kier molecular flexibility index (Phi) is 8.62. The second-order valence-electron chi connectivity index (χ2n) is 11.2. The van der Waals surface area contributed by atoms with Gasteiger partial charge in [0.05, 0.1) is 34.6 Å². The Labute approximate surface area is 249 Å². The third kappa shape index (κ3) is 6.38. The SMILES string of the molecule is C[C@@H]1CN(c2ncc(-c3c(F)cc(N4CCN(C)[C@@H](C)C4)c(NC(=O)c4c[nH]c(=O)cc4C(F)(F)F)c3F)cn2)C[C@H](C)O1. The van der Waals surface area contributed by atoms with E-state index in [1.165, 1.54) is 12.4 Å². The molecule has 0 unspecified atom stereocenters. The number of carbonyl (C=O) groups is 1. The number of rotatable bonds is 5. The van der Waals surface area contributed by atoms with Crippen LogP contribution in [0.5, 0.6) is 0 Å². The number of likely N-dealkylation sites (N-methyl/N-ethyl adjacent to an activating group) is 1. The van der Waals surface area contributed by atoms with Crippen LogP contribution in [0.25, 0.3) is 11.1 Å². The maximum atomic E-state index is 16.4. The predicted molar refractivity (Wildman–Crippen MR) is 154 cm³/mol. The molecule has 1 aromatic carbocycles. The molecule has 15 heteroatoms. The monoisotopic (exact) mass is 621 g/mol. The summed E-state index contributed by atoms with van der Waals surface area (Å²) >= 11 is 0. The van der Waals surface area contributed by atoms with E-state index in [4.69, 9.17) is 4.74 Å². The van der Waals surface area contributed by atoms with E-state index in [1.54, 1.807) is 4.90 Å². The summed E-state index contributed by atoms with van der Waals surface area (Å²) in [6.45, 7) is 7.97. The smallest absolute Gasteiger partial charge is 0.372 e. The molecule has 0 spiro atoms. The van der Waals surface area contributed by atoms with E-state index >= 15 is 8.78 Å². The molecule has 2 aliphatic rings. The van der Waals surface area contributed by atoms with Crippen LogP contribution in [0.15, 0.2) is 35.5 Å². The molecule has 0 saturated carbocycles. The van der Waals surface area contributed by atoms with Gasteiger partial charge in [0.2, 0.25) is 11.5 Å². The van der Waals surface area contributed by atoms with Crippen molar-refractivity contribution < 1.29 is 31.5 Å². The van der Waals surface area contributed by atoms with Crippen molar-refractivity contribution in [3.63, 3.8) is 0 Å². The summed E-state index contributed by atoms with van der Waals surface area (Å²) in [5.74, 6) is -3.17. The van der Waals surface area contributed by atoms with E-state index in [0.717, 1.165) is 6.07 Å². The molecule has 2 fully saturated rings. The molecule has 0 bridgehead atoms. The highest BCUT2D eigenvalue weighted by atomic mass is 19.4. The molecule has 0 aliphatic carbocycles. The average molecular weight is 622 g/mol. The van der Waals surface area contributed by atoms with Gasteiger partial charge in [0.25, 0.3) is 5.91 Å². The third-order valence-corrected chi connectivity index (χ3v) is 7.84. The molecular weight excluding hydrogens is 589 g/mol. The van der Waals surface area contributed by atoms with Crippen LogP contribution in [0, 0.1) is 11.6 Å². The van der Waals surface area contributed by atoms with Crippen molar-refractivity contribution in [3.8, 4) is 11.1 Å². The van der Waals surface area contributed by atoms with E-state index in [-0.39, 0.29) is 35.6 Å². The first kappa shape index (κ1) is 31.3. The van der Waals surface area contributed by atoms with Gasteiger partial charge < -0.3 is 29.7 Å².